The van der Waals surface area contributed by atoms with Crippen LogP contribution in [0.2, 0.25) is 0 Å². The van der Waals surface area contributed by atoms with E-state index in [0.717, 1.165) is 37.4 Å². The summed E-state index contributed by atoms with van der Waals surface area (Å²) in [7, 11) is 0. The molecule has 0 saturated heterocycles. The van der Waals surface area contributed by atoms with Crippen LogP contribution in [0, 0.1) is 0 Å². The normalized spacial score (nSPS) is 11.9. The van der Waals surface area contributed by atoms with E-state index >= 15 is 0 Å². The van der Waals surface area contributed by atoms with Crippen LogP contribution in [0.4, 0.5) is 0 Å². The van der Waals surface area contributed by atoms with E-state index in [9.17, 15) is 0 Å². The zero-order valence-corrected chi connectivity index (χ0v) is 21.0. The first-order valence-corrected chi connectivity index (χ1v) is 12.4. The molecule has 4 aromatic carbocycles. The van der Waals surface area contributed by atoms with Gasteiger partial charge in [-0.2, -0.15) is 9.97 Å². The molecule has 0 aliphatic rings. The molecule has 4 nitrogen and oxygen atoms in total. The lowest BCUT2D eigenvalue weighted by Crippen LogP contribution is -2.07. The monoisotopic (exact) mass is 528 g/mol. The second-order valence-corrected chi connectivity index (χ2v) is 9.22. The van der Waals surface area contributed by atoms with Gasteiger partial charge in [0, 0.05) is 26.4 Å². The molecule has 0 unspecified atom stereocenters. The molecule has 5 heteroatoms. The Labute approximate surface area is 217 Å². The number of allylic oxidation sites excluding steroid dienone is 4. The third kappa shape index (κ3) is 3.56. The topological polar surface area (TPSA) is 43.6 Å². The standard InChI is InChI=1S/C31H21BrN4/c1-3-12-20(4-2)29-33-30(21-13-6-5-7-14-21)35-31(34-29)36-26-18-11-10-17-24(26)28-23-16-9-8-15-22(23)25(32)19-27(28)36/h3-19H,1-2H2/b20-12+. The molecule has 172 valence electrons. The number of para-hydroxylation sites is 1. The number of fused-ring (bicyclic) bond motifs is 5. The number of rotatable bonds is 5. The van der Waals surface area contributed by atoms with E-state index < -0.39 is 0 Å². The summed E-state index contributed by atoms with van der Waals surface area (Å²) in [5, 5.41) is 4.65. The van der Waals surface area contributed by atoms with Crippen molar-refractivity contribution in [3.63, 3.8) is 0 Å². The molecule has 6 aromatic rings. The van der Waals surface area contributed by atoms with E-state index in [1.54, 1.807) is 12.2 Å². The minimum Gasteiger partial charge on any atom is -0.278 e. The van der Waals surface area contributed by atoms with Crippen molar-refractivity contribution in [2.24, 2.45) is 0 Å². The van der Waals surface area contributed by atoms with Crippen molar-refractivity contribution in [2.45, 2.75) is 0 Å². The molecular weight excluding hydrogens is 508 g/mol. The van der Waals surface area contributed by atoms with Gasteiger partial charge in [0.05, 0.1) is 11.0 Å². The largest absolute Gasteiger partial charge is 0.278 e. The maximum absolute atomic E-state index is 4.97. The predicted molar refractivity (Wildman–Crippen MR) is 153 cm³/mol. The molecule has 36 heavy (non-hydrogen) atoms. The first-order valence-electron chi connectivity index (χ1n) is 11.6. The van der Waals surface area contributed by atoms with Crippen molar-refractivity contribution in [2.75, 3.05) is 0 Å². The Balaban J connectivity index is 1.76. The number of halogens is 1. The number of benzene rings is 4. The Bertz CT molecular complexity index is 1830. The molecular formula is C31H21BrN4. The van der Waals surface area contributed by atoms with Gasteiger partial charge in [0.15, 0.2) is 11.6 Å². The Hall–Kier alpha value is -4.35. The summed E-state index contributed by atoms with van der Waals surface area (Å²) < 4.78 is 3.14. The highest BCUT2D eigenvalue weighted by atomic mass is 79.9. The van der Waals surface area contributed by atoms with Gasteiger partial charge in [-0.3, -0.25) is 4.57 Å². The van der Waals surface area contributed by atoms with Crippen molar-refractivity contribution in [1.82, 2.24) is 19.5 Å². The Morgan fingerprint density at radius 1 is 0.750 bits per heavy atom. The lowest BCUT2D eigenvalue weighted by Gasteiger charge is -2.11. The summed E-state index contributed by atoms with van der Waals surface area (Å²) >= 11 is 3.80. The SMILES string of the molecule is C=C/C=C(\C=C)c1nc(-c2ccccc2)nc(-n2c3ccccc3c3c4ccccc4c(Br)cc32)n1. The molecule has 0 saturated carbocycles. The molecule has 0 aliphatic carbocycles. The average molecular weight is 529 g/mol. The fourth-order valence-corrected chi connectivity index (χ4v) is 5.24. The summed E-state index contributed by atoms with van der Waals surface area (Å²) in [6, 6.07) is 28.9. The van der Waals surface area contributed by atoms with Gasteiger partial charge in [0.2, 0.25) is 5.95 Å². The van der Waals surface area contributed by atoms with E-state index in [1.165, 1.54) is 10.8 Å². The lowest BCUT2D eigenvalue weighted by molar-refractivity contribution is 0.932. The molecule has 0 N–H and O–H groups in total. The average Bonchev–Trinajstić information content (AvgIpc) is 3.26. The summed E-state index contributed by atoms with van der Waals surface area (Å²) in [4.78, 5) is 14.7. The highest BCUT2D eigenvalue weighted by molar-refractivity contribution is 9.10. The van der Waals surface area contributed by atoms with E-state index in [1.807, 2.05) is 42.5 Å². The molecule has 0 atom stereocenters. The second-order valence-electron chi connectivity index (χ2n) is 8.36. The molecule has 0 bridgehead atoms. The molecule has 2 aromatic heterocycles. The number of hydrogen-bond acceptors (Lipinski definition) is 3. The summed E-state index contributed by atoms with van der Waals surface area (Å²) in [5.41, 5.74) is 3.74. The van der Waals surface area contributed by atoms with Crippen molar-refractivity contribution < 1.29 is 0 Å². The summed E-state index contributed by atoms with van der Waals surface area (Å²) in [6.07, 6.45) is 5.31. The second kappa shape index (κ2) is 9.02. The molecule has 0 spiro atoms. The van der Waals surface area contributed by atoms with Crippen LogP contribution in [-0.4, -0.2) is 19.5 Å². The Morgan fingerprint density at radius 3 is 2.19 bits per heavy atom. The fourth-order valence-electron chi connectivity index (χ4n) is 4.67. The highest BCUT2D eigenvalue weighted by Gasteiger charge is 2.19. The predicted octanol–water partition coefficient (Wildman–Crippen LogP) is 8.31. The number of nitrogens with zero attached hydrogens (tertiary/aromatic N) is 4. The van der Waals surface area contributed by atoms with Crippen LogP contribution < -0.4 is 0 Å². The van der Waals surface area contributed by atoms with Crippen LogP contribution in [0.1, 0.15) is 5.82 Å². The van der Waals surface area contributed by atoms with Gasteiger partial charge < -0.3 is 0 Å². The van der Waals surface area contributed by atoms with Crippen LogP contribution in [0.15, 0.2) is 121 Å². The quantitative estimate of drug-likeness (QED) is 0.211. The smallest absolute Gasteiger partial charge is 0.238 e. The Kier molecular flexibility index (Phi) is 5.55. The number of hydrogen-bond donors (Lipinski definition) is 0. The van der Waals surface area contributed by atoms with Crippen LogP contribution in [0.3, 0.4) is 0 Å². The van der Waals surface area contributed by atoms with Crippen LogP contribution in [0.5, 0.6) is 0 Å². The van der Waals surface area contributed by atoms with E-state index in [-0.39, 0.29) is 0 Å². The van der Waals surface area contributed by atoms with Gasteiger partial charge in [-0.15, -0.1) is 0 Å². The summed E-state index contributed by atoms with van der Waals surface area (Å²) in [5.74, 6) is 1.68. The summed E-state index contributed by atoms with van der Waals surface area (Å²) in [6.45, 7) is 7.81. The van der Waals surface area contributed by atoms with E-state index in [2.05, 4.69) is 82.2 Å². The lowest BCUT2D eigenvalue weighted by atomic mass is 10.0. The first-order chi connectivity index (χ1) is 17.7. The van der Waals surface area contributed by atoms with Gasteiger partial charge in [-0.05, 0) is 22.9 Å². The maximum atomic E-state index is 4.97. The minimum absolute atomic E-state index is 0.541. The Morgan fingerprint density at radius 2 is 1.44 bits per heavy atom. The third-order valence-electron chi connectivity index (χ3n) is 6.26. The van der Waals surface area contributed by atoms with Crippen molar-refractivity contribution in [3.05, 3.63) is 127 Å². The van der Waals surface area contributed by atoms with Crippen LogP contribution in [0.25, 0.3) is 55.5 Å². The van der Waals surface area contributed by atoms with Gasteiger partial charge in [-0.25, -0.2) is 4.98 Å². The highest BCUT2D eigenvalue weighted by Crippen LogP contribution is 2.39. The molecule has 0 amide bonds. The van der Waals surface area contributed by atoms with E-state index in [0.29, 0.717) is 17.6 Å². The van der Waals surface area contributed by atoms with Gasteiger partial charge in [0.1, 0.15) is 0 Å². The first kappa shape index (κ1) is 22.1. The van der Waals surface area contributed by atoms with Crippen LogP contribution >= 0.6 is 15.9 Å². The molecule has 0 aliphatic heterocycles. The van der Waals surface area contributed by atoms with Crippen molar-refractivity contribution >= 4 is 54.1 Å². The molecule has 0 radical (unpaired) electrons. The molecule has 0 fully saturated rings. The third-order valence-corrected chi connectivity index (χ3v) is 6.92. The minimum atomic E-state index is 0.541. The fraction of sp³-hybridized carbons (Fsp3) is 0. The van der Waals surface area contributed by atoms with E-state index in [4.69, 9.17) is 15.0 Å². The van der Waals surface area contributed by atoms with Crippen molar-refractivity contribution in [3.8, 4) is 17.3 Å². The van der Waals surface area contributed by atoms with Gasteiger partial charge >= 0.3 is 0 Å². The van der Waals surface area contributed by atoms with Gasteiger partial charge in [-0.1, -0.05) is 120 Å². The zero-order valence-electron chi connectivity index (χ0n) is 19.4. The maximum Gasteiger partial charge on any atom is 0.238 e. The zero-order chi connectivity index (χ0) is 24.6. The van der Waals surface area contributed by atoms with Crippen LogP contribution in [-0.2, 0) is 0 Å². The number of aromatic nitrogens is 4. The molecule has 6 rings (SSSR count). The molecule has 2 heterocycles. The van der Waals surface area contributed by atoms with Gasteiger partial charge in [0.25, 0.3) is 0 Å². The van der Waals surface area contributed by atoms with Crippen molar-refractivity contribution in [1.29, 1.82) is 0 Å².